The van der Waals surface area contributed by atoms with Crippen LogP contribution >= 0.6 is 0 Å². The maximum atomic E-state index is 12.6. The van der Waals surface area contributed by atoms with Crippen LogP contribution in [0.5, 0.6) is 0 Å². The first-order chi connectivity index (χ1) is 9.75. The van der Waals surface area contributed by atoms with Crippen molar-refractivity contribution < 1.29 is 4.79 Å². The Morgan fingerprint density at radius 2 is 2.05 bits per heavy atom. The molecule has 0 aliphatic carbocycles. The summed E-state index contributed by atoms with van der Waals surface area (Å²) in [5.41, 5.74) is 2.65. The number of fused-ring (bicyclic) bond motifs is 1. The summed E-state index contributed by atoms with van der Waals surface area (Å²) >= 11 is 0. The van der Waals surface area contributed by atoms with Crippen molar-refractivity contribution in [3.05, 3.63) is 29.8 Å². The molecule has 0 radical (unpaired) electrons. The Labute approximate surface area is 121 Å². The number of aryl methyl sites for hydroxylation is 1. The number of likely N-dealkylation sites (tertiary alicyclic amines) is 1. The van der Waals surface area contributed by atoms with Gasteiger partial charge in [-0.25, -0.2) is 0 Å². The molecule has 1 fully saturated rings. The average Bonchev–Trinajstić information content (AvgIpc) is 2.48. The minimum atomic E-state index is 0.300. The summed E-state index contributed by atoms with van der Waals surface area (Å²) in [5.74, 6) is 0.300. The van der Waals surface area contributed by atoms with Gasteiger partial charge in [-0.3, -0.25) is 4.79 Å². The Morgan fingerprint density at radius 1 is 1.20 bits per heavy atom. The van der Waals surface area contributed by atoms with Crippen LogP contribution in [0.15, 0.2) is 24.3 Å². The molecular formula is C17H24N2O. The molecule has 1 aromatic carbocycles. The van der Waals surface area contributed by atoms with Gasteiger partial charge < -0.3 is 9.80 Å². The van der Waals surface area contributed by atoms with E-state index < -0.39 is 0 Å². The highest BCUT2D eigenvalue weighted by atomic mass is 16.2. The van der Waals surface area contributed by atoms with Crippen LogP contribution in [0.4, 0.5) is 5.69 Å². The molecule has 0 N–H and O–H groups in total. The van der Waals surface area contributed by atoms with E-state index in [1.165, 1.54) is 17.7 Å². The number of rotatable bonds is 2. The molecule has 3 heteroatoms. The van der Waals surface area contributed by atoms with Crippen LogP contribution in [0.3, 0.4) is 0 Å². The maximum absolute atomic E-state index is 12.6. The lowest BCUT2D eigenvalue weighted by molar-refractivity contribution is -0.132. The van der Waals surface area contributed by atoms with Crippen molar-refractivity contribution in [1.29, 1.82) is 0 Å². The summed E-state index contributed by atoms with van der Waals surface area (Å²) in [7, 11) is 0. The highest BCUT2D eigenvalue weighted by Crippen LogP contribution is 2.27. The number of para-hydroxylation sites is 1. The molecule has 108 valence electrons. The molecule has 0 bridgehead atoms. The molecule has 1 unspecified atom stereocenters. The topological polar surface area (TPSA) is 23.6 Å². The molecule has 1 atom stereocenters. The fourth-order valence-corrected chi connectivity index (χ4v) is 3.50. The second-order valence-corrected chi connectivity index (χ2v) is 6.09. The van der Waals surface area contributed by atoms with Gasteiger partial charge in [0.1, 0.15) is 0 Å². The normalized spacial score (nSPS) is 22.6. The molecule has 0 saturated carbocycles. The van der Waals surface area contributed by atoms with Crippen molar-refractivity contribution in [2.24, 2.45) is 0 Å². The zero-order chi connectivity index (χ0) is 13.9. The zero-order valence-electron chi connectivity index (χ0n) is 12.3. The molecular weight excluding hydrogens is 248 g/mol. The molecule has 1 amide bonds. The van der Waals surface area contributed by atoms with Gasteiger partial charge in [-0.05, 0) is 50.7 Å². The second-order valence-electron chi connectivity index (χ2n) is 6.09. The third-order valence-electron chi connectivity index (χ3n) is 4.66. The van der Waals surface area contributed by atoms with Crippen LogP contribution in [0, 0.1) is 0 Å². The van der Waals surface area contributed by atoms with Crippen LogP contribution in [0.25, 0.3) is 0 Å². The second kappa shape index (κ2) is 5.86. The molecule has 2 aliphatic rings. The zero-order valence-corrected chi connectivity index (χ0v) is 12.3. The first kappa shape index (κ1) is 13.5. The third kappa shape index (κ3) is 2.67. The quantitative estimate of drug-likeness (QED) is 0.826. The number of amides is 1. The summed E-state index contributed by atoms with van der Waals surface area (Å²) in [4.78, 5) is 16.9. The standard InChI is InChI=1S/C17H24N2O/c1-14-7-4-5-12-19(14)17(20)13-18-11-6-9-15-8-2-3-10-16(15)18/h2-3,8,10,14H,4-7,9,11-13H2,1H3. The number of anilines is 1. The van der Waals surface area contributed by atoms with Crippen molar-refractivity contribution in [1.82, 2.24) is 4.90 Å². The first-order valence-corrected chi connectivity index (χ1v) is 7.88. The van der Waals surface area contributed by atoms with Crippen LogP contribution in [-0.2, 0) is 11.2 Å². The van der Waals surface area contributed by atoms with Crippen LogP contribution < -0.4 is 4.90 Å². The van der Waals surface area contributed by atoms with Gasteiger partial charge in [-0.15, -0.1) is 0 Å². The summed E-state index contributed by atoms with van der Waals surface area (Å²) < 4.78 is 0. The Balaban J connectivity index is 1.70. The van der Waals surface area contributed by atoms with Gasteiger partial charge in [0.25, 0.3) is 0 Å². The predicted molar refractivity (Wildman–Crippen MR) is 82.0 cm³/mol. The van der Waals surface area contributed by atoms with Gasteiger partial charge >= 0.3 is 0 Å². The Bertz CT molecular complexity index is 486. The molecule has 2 heterocycles. The minimum absolute atomic E-state index is 0.300. The van der Waals surface area contributed by atoms with E-state index in [1.807, 2.05) is 0 Å². The van der Waals surface area contributed by atoms with Gasteiger partial charge in [0, 0.05) is 24.8 Å². The molecule has 1 saturated heterocycles. The van der Waals surface area contributed by atoms with Gasteiger partial charge in [-0.2, -0.15) is 0 Å². The monoisotopic (exact) mass is 272 g/mol. The summed E-state index contributed by atoms with van der Waals surface area (Å²) in [6.45, 7) is 4.67. The fourth-order valence-electron chi connectivity index (χ4n) is 3.50. The van der Waals surface area contributed by atoms with Crippen LogP contribution in [-0.4, -0.2) is 36.5 Å². The van der Waals surface area contributed by atoms with Gasteiger partial charge in [0.15, 0.2) is 0 Å². The predicted octanol–water partition coefficient (Wildman–Crippen LogP) is 2.84. The fraction of sp³-hybridized carbons (Fsp3) is 0.588. The average molecular weight is 272 g/mol. The Morgan fingerprint density at radius 3 is 2.90 bits per heavy atom. The number of carbonyl (C=O) groups excluding carboxylic acids is 1. The van der Waals surface area contributed by atoms with E-state index in [0.29, 0.717) is 18.5 Å². The number of hydrogen-bond acceptors (Lipinski definition) is 2. The number of hydrogen-bond donors (Lipinski definition) is 0. The third-order valence-corrected chi connectivity index (χ3v) is 4.66. The molecule has 2 aliphatic heterocycles. The molecule has 0 aromatic heterocycles. The summed E-state index contributed by atoms with van der Waals surface area (Å²) in [5, 5.41) is 0. The van der Waals surface area contributed by atoms with Crippen molar-refractivity contribution in [3.63, 3.8) is 0 Å². The van der Waals surface area contributed by atoms with Crippen molar-refractivity contribution in [2.45, 2.75) is 45.1 Å². The van der Waals surface area contributed by atoms with Crippen molar-refractivity contribution in [3.8, 4) is 0 Å². The molecule has 3 nitrogen and oxygen atoms in total. The summed E-state index contributed by atoms with van der Waals surface area (Å²) in [6.07, 6.45) is 5.87. The minimum Gasteiger partial charge on any atom is -0.362 e. The van der Waals surface area contributed by atoms with E-state index >= 15 is 0 Å². The maximum Gasteiger partial charge on any atom is 0.242 e. The molecule has 3 rings (SSSR count). The number of piperidine rings is 1. The SMILES string of the molecule is CC1CCCCN1C(=O)CN1CCCc2ccccc21. The lowest BCUT2D eigenvalue weighted by Crippen LogP contribution is -2.47. The van der Waals surface area contributed by atoms with Crippen LogP contribution in [0.1, 0.15) is 38.2 Å². The number of nitrogens with zero attached hydrogens (tertiary/aromatic N) is 2. The first-order valence-electron chi connectivity index (χ1n) is 7.88. The highest BCUT2D eigenvalue weighted by molar-refractivity contribution is 5.82. The van der Waals surface area contributed by atoms with E-state index in [2.05, 4.69) is 41.0 Å². The summed E-state index contributed by atoms with van der Waals surface area (Å²) in [6, 6.07) is 8.93. The molecule has 20 heavy (non-hydrogen) atoms. The smallest absolute Gasteiger partial charge is 0.242 e. The van der Waals surface area contributed by atoms with Crippen molar-refractivity contribution >= 4 is 11.6 Å². The van der Waals surface area contributed by atoms with E-state index in [0.717, 1.165) is 38.8 Å². The lowest BCUT2D eigenvalue weighted by Gasteiger charge is -2.37. The van der Waals surface area contributed by atoms with E-state index in [9.17, 15) is 4.79 Å². The molecule has 0 spiro atoms. The van der Waals surface area contributed by atoms with Gasteiger partial charge in [0.2, 0.25) is 5.91 Å². The largest absolute Gasteiger partial charge is 0.362 e. The van der Waals surface area contributed by atoms with E-state index in [1.54, 1.807) is 0 Å². The van der Waals surface area contributed by atoms with Gasteiger partial charge in [-0.1, -0.05) is 18.2 Å². The van der Waals surface area contributed by atoms with Gasteiger partial charge in [0.05, 0.1) is 6.54 Å². The number of benzene rings is 1. The van der Waals surface area contributed by atoms with E-state index in [-0.39, 0.29) is 0 Å². The Kier molecular flexibility index (Phi) is 3.95. The Hall–Kier alpha value is -1.51. The van der Waals surface area contributed by atoms with E-state index in [4.69, 9.17) is 0 Å². The number of carbonyl (C=O) groups is 1. The molecule has 1 aromatic rings. The van der Waals surface area contributed by atoms with Crippen molar-refractivity contribution in [2.75, 3.05) is 24.5 Å². The lowest BCUT2D eigenvalue weighted by atomic mass is 10.0. The van der Waals surface area contributed by atoms with Crippen LogP contribution in [0.2, 0.25) is 0 Å². The highest BCUT2D eigenvalue weighted by Gasteiger charge is 2.26.